The minimum atomic E-state index is -4.61. The van der Waals surface area contributed by atoms with Crippen LogP contribution in [0.1, 0.15) is 0 Å². The Balaban J connectivity index is 0.000000562. The summed E-state index contributed by atoms with van der Waals surface area (Å²) >= 11 is 6.72. The van der Waals surface area contributed by atoms with Gasteiger partial charge >= 0.3 is 29.6 Å². The summed E-state index contributed by atoms with van der Waals surface area (Å²) in [5.41, 5.74) is 6.78. The van der Waals surface area contributed by atoms with Crippen molar-refractivity contribution in [1.29, 1.82) is 0 Å². The van der Waals surface area contributed by atoms with Crippen molar-refractivity contribution in [3.05, 3.63) is 92.0 Å². The van der Waals surface area contributed by atoms with Gasteiger partial charge in [-0.3, -0.25) is 15.1 Å². The molecule has 17 heteroatoms. The molecule has 0 saturated carbocycles. The molecule has 228 valence electrons. The van der Waals surface area contributed by atoms with Crippen molar-refractivity contribution in [3.63, 3.8) is 0 Å². The van der Waals surface area contributed by atoms with Gasteiger partial charge < -0.3 is 35.1 Å². The molecule has 1 heterocycles. The molecule has 0 radical (unpaired) electrons. The zero-order valence-electron chi connectivity index (χ0n) is 23.3. The maximum absolute atomic E-state index is 10.4. The van der Waals surface area contributed by atoms with Crippen molar-refractivity contribution >= 4 is 64.3 Å². The SMILES string of the molecule is COc1ccc(Br)c(N)c1.COc1ccc(Br)c2ncccc12.O=[N+]([O-])c1cccc(S(=O)(=O)[O-])c1.OCC(O)CO.[Na+]. The monoisotopic (exact) mass is 755 g/mol. The second kappa shape index (κ2) is 20.6. The van der Waals surface area contributed by atoms with E-state index in [4.69, 9.17) is 30.5 Å². The minimum absolute atomic E-state index is 0. The summed E-state index contributed by atoms with van der Waals surface area (Å²) in [6.07, 6.45) is 0.817. The Morgan fingerprint density at radius 1 is 0.977 bits per heavy atom. The van der Waals surface area contributed by atoms with Gasteiger partial charge in [-0.2, -0.15) is 0 Å². The third-order valence-corrected chi connectivity index (χ3v) is 7.04. The van der Waals surface area contributed by atoms with Crippen LogP contribution in [0.25, 0.3) is 10.9 Å². The molecule has 13 nitrogen and oxygen atoms in total. The Labute approximate surface area is 287 Å². The third-order valence-electron chi connectivity index (χ3n) is 4.84. The first-order valence-corrected chi connectivity index (χ1v) is 14.5. The van der Waals surface area contributed by atoms with Gasteiger partial charge in [-0.1, -0.05) is 6.07 Å². The van der Waals surface area contributed by atoms with Crippen LogP contribution in [0.3, 0.4) is 0 Å². The molecular weight excluding hydrogens is 729 g/mol. The van der Waals surface area contributed by atoms with Gasteiger partial charge in [0.2, 0.25) is 0 Å². The summed E-state index contributed by atoms with van der Waals surface area (Å²) in [5, 5.41) is 35.2. The number of ether oxygens (including phenoxy) is 2. The first-order valence-electron chi connectivity index (χ1n) is 11.5. The van der Waals surface area contributed by atoms with Crippen LogP contribution in [0, 0.1) is 10.1 Å². The van der Waals surface area contributed by atoms with E-state index in [9.17, 15) is 23.1 Å². The van der Waals surface area contributed by atoms with Crippen LogP contribution >= 0.6 is 31.9 Å². The molecule has 0 atom stereocenters. The molecule has 0 aliphatic heterocycles. The number of aliphatic hydroxyl groups excluding tert-OH is 3. The minimum Gasteiger partial charge on any atom is -0.744 e. The summed E-state index contributed by atoms with van der Waals surface area (Å²) < 4.78 is 43.3. The molecule has 5 N–H and O–H groups in total. The molecule has 0 aliphatic carbocycles. The number of hydrogen-bond donors (Lipinski definition) is 4. The molecule has 3 aromatic carbocycles. The van der Waals surface area contributed by atoms with Gasteiger partial charge in [0.25, 0.3) is 5.69 Å². The maximum Gasteiger partial charge on any atom is 1.00 e. The number of pyridine rings is 1. The molecule has 0 fully saturated rings. The standard InChI is InChI=1S/C10H8BrNO.C7H8BrNO.C6H5NO5S.C3H8O3.Na/c1-13-9-5-4-8(11)10-7(9)3-2-6-12-10;1-10-5-2-3-6(8)7(9)4-5;8-7(9)5-2-1-3-6(4-5)13(10,11)12;4-1-3(6)2-5;/h2-6H,1H3;2-4H,9H2,1H3;1-4H,(H,10,11,12);3-6H,1-2H2;/q;;;;+1/p-1. The largest absolute Gasteiger partial charge is 1.00 e. The zero-order valence-corrected chi connectivity index (χ0v) is 29.2. The summed E-state index contributed by atoms with van der Waals surface area (Å²) in [5.74, 6) is 1.63. The average Bonchev–Trinajstić information content (AvgIpc) is 2.99. The van der Waals surface area contributed by atoms with Crippen LogP contribution in [-0.2, 0) is 10.1 Å². The second-order valence-electron chi connectivity index (χ2n) is 7.76. The Morgan fingerprint density at radius 3 is 2.09 bits per heavy atom. The molecule has 1 aromatic heterocycles. The average molecular weight is 757 g/mol. The van der Waals surface area contributed by atoms with Gasteiger partial charge in [-0.05, 0) is 74.3 Å². The van der Waals surface area contributed by atoms with E-state index in [1.807, 2.05) is 36.4 Å². The topological polar surface area (TPSA) is 218 Å². The van der Waals surface area contributed by atoms with Gasteiger partial charge in [-0.25, -0.2) is 8.42 Å². The van der Waals surface area contributed by atoms with E-state index >= 15 is 0 Å². The Morgan fingerprint density at radius 2 is 1.60 bits per heavy atom. The Bertz CT molecular complexity index is 1560. The van der Waals surface area contributed by atoms with Crippen LogP contribution in [0.4, 0.5) is 11.4 Å². The molecule has 0 spiro atoms. The van der Waals surface area contributed by atoms with E-state index in [0.29, 0.717) is 5.69 Å². The van der Waals surface area contributed by atoms with Gasteiger partial charge in [0.1, 0.15) is 27.7 Å². The van der Waals surface area contributed by atoms with Gasteiger partial charge in [0.05, 0.1) is 42.8 Å². The maximum atomic E-state index is 10.4. The number of halogens is 2. The zero-order chi connectivity index (χ0) is 31.9. The molecule has 0 amide bonds. The van der Waals surface area contributed by atoms with Gasteiger partial charge in [0, 0.05) is 44.4 Å². The number of nitrogens with zero attached hydrogens (tertiary/aromatic N) is 2. The molecule has 4 aromatic rings. The number of rotatable bonds is 6. The number of nitrogens with two attached hydrogens (primary N) is 1. The number of hydrogen-bond acceptors (Lipinski definition) is 12. The number of fused-ring (bicyclic) bond motifs is 1. The number of aromatic nitrogens is 1. The Kier molecular flexibility index (Phi) is 19.4. The summed E-state index contributed by atoms with van der Waals surface area (Å²) in [4.78, 5) is 13.1. The van der Waals surface area contributed by atoms with Crippen molar-refractivity contribution in [2.45, 2.75) is 11.0 Å². The van der Waals surface area contributed by atoms with E-state index in [0.717, 1.165) is 55.6 Å². The summed E-state index contributed by atoms with van der Waals surface area (Å²) in [6, 6.07) is 17.2. The quantitative estimate of drug-likeness (QED) is 0.0709. The number of anilines is 1. The number of benzene rings is 3. The van der Waals surface area contributed by atoms with E-state index in [1.165, 1.54) is 0 Å². The summed E-state index contributed by atoms with van der Waals surface area (Å²) in [6.45, 7) is -0.729. The number of nitro groups is 1. The number of nitrogen functional groups attached to an aromatic ring is 1. The smallest absolute Gasteiger partial charge is 0.744 e. The predicted molar refractivity (Wildman–Crippen MR) is 162 cm³/mol. The number of nitro benzene ring substituents is 1. The van der Waals surface area contributed by atoms with E-state index < -0.39 is 31.7 Å². The van der Waals surface area contributed by atoms with Crippen LogP contribution < -0.4 is 44.8 Å². The number of methoxy groups -OCH3 is 2. The molecule has 0 saturated heterocycles. The molecular formula is C26H28Br2N3NaO10S. The van der Waals surface area contributed by atoms with Crippen LogP contribution in [-0.4, -0.2) is 71.7 Å². The fourth-order valence-electron chi connectivity index (χ4n) is 2.75. The van der Waals surface area contributed by atoms with Crippen LogP contribution in [0.15, 0.2) is 86.8 Å². The molecule has 0 unspecified atom stereocenters. The first-order chi connectivity index (χ1) is 19.8. The normalized spacial score (nSPS) is 10.1. The number of non-ortho nitro benzene ring substituents is 1. The van der Waals surface area contributed by atoms with Crippen LogP contribution in [0.5, 0.6) is 11.5 Å². The fraction of sp³-hybridized carbons (Fsp3) is 0.192. The van der Waals surface area contributed by atoms with Crippen molar-refractivity contribution in [2.75, 3.05) is 33.2 Å². The van der Waals surface area contributed by atoms with E-state index in [2.05, 4.69) is 36.8 Å². The summed E-state index contributed by atoms with van der Waals surface area (Å²) in [7, 11) is -1.34. The van der Waals surface area contributed by atoms with Crippen molar-refractivity contribution < 1.29 is 72.2 Å². The second-order valence-corrected chi connectivity index (χ2v) is 10.9. The van der Waals surface area contributed by atoms with E-state index in [-0.39, 0.29) is 42.8 Å². The molecule has 4 rings (SSSR count). The van der Waals surface area contributed by atoms with Crippen molar-refractivity contribution in [1.82, 2.24) is 4.98 Å². The van der Waals surface area contributed by atoms with Crippen molar-refractivity contribution in [2.24, 2.45) is 0 Å². The molecule has 0 aliphatic rings. The van der Waals surface area contributed by atoms with E-state index in [1.54, 1.807) is 26.5 Å². The predicted octanol–water partition coefficient (Wildman–Crippen LogP) is 0.881. The van der Waals surface area contributed by atoms with Gasteiger partial charge in [0.15, 0.2) is 0 Å². The molecule has 0 bridgehead atoms. The van der Waals surface area contributed by atoms with Gasteiger partial charge in [-0.15, -0.1) is 0 Å². The van der Waals surface area contributed by atoms with Crippen molar-refractivity contribution in [3.8, 4) is 11.5 Å². The third kappa shape index (κ3) is 14.3. The molecule has 43 heavy (non-hydrogen) atoms. The number of aliphatic hydroxyl groups is 3. The fourth-order valence-corrected chi connectivity index (χ4v) is 3.95. The first kappa shape index (κ1) is 40.6. The Hall–Kier alpha value is -2.38. The van der Waals surface area contributed by atoms with Crippen LogP contribution in [0.2, 0.25) is 0 Å².